The normalized spacial score (nSPS) is 23.6. The number of thioether (sulfide) groups is 1. The molecular weight excluding hydrogens is 242 g/mol. The number of aromatic nitrogens is 1. The largest absolute Gasteiger partial charge is 0.326 e. The third-order valence-electron chi connectivity index (χ3n) is 3.37. The molecular formula is C14H23N3S. The van der Waals surface area contributed by atoms with E-state index in [1.165, 1.54) is 11.3 Å². The molecule has 2 atom stereocenters. The first-order chi connectivity index (χ1) is 8.49. The summed E-state index contributed by atoms with van der Waals surface area (Å²) in [6.45, 7) is 8.90. The van der Waals surface area contributed by atoms with Crippen LogP contribution in [-0.4, -0.2) is 39.5 Å². The smallest absolute Gasteiger partial charge is 0.0512 e. The van der Waals surface area contributed by atoms with Crippen molar-refractivity contribution in [3.63, 3.8) is 0 Å². The second-order valence-corrected chi connectivity index (χ2v) is 7.47. The molecule has 1 aromatic rings. The molecule has 0 bridgehead atoms. The first-order valence-electron chi connectivity index (χ1n) is 6.53. The Labute approximate surface area is 114 Å². The van der Waals surface area contributed by atoms with Crippen LogP contribution >= 0.6 is 11.8 Å². The lowest BCUT2D eigenvalue weighted by Crippen LogP contribution is -2.49. The molecule has 4 heteroatoms. The minimum atomic E-state index is 0.119. The van der Waals surface area contributed by atoms with Crippen molar-refractivity contribution >= 4 is 11.8 Å². The zero-order valence-corrected chi connectivity index (χ0v) is 12.3. The van der Waals surface area contributed by atoms with Crippen LogP contribution in [0.1, 0.15) is 32.4 Å². The van der Waals surface area contributed by atoms with Crippen LogP contribution in [0.5, 0.6) is 0 Å². The summed E-state index contributed by atoms with van der Waals surface area (Å²) in [7, 11) is 0. The van der Waals surface area contributed by atoms with Gasteiger partial charge in [-0.1, -0.05) is 6.07 Å². The first-order valence-corrected chi connectivity index (χ1v) is 7.52. The van der Waals surface area contributed by atoms with E-state index in [0.29, 0.717) is 4.75 Å². The molecule has 1 aromatic heterocycles. The van der Waals surface area contributed by atoms with Crippen LogP contribution in [0, 0.1) is 0 Å². The van der Waals surface area contributed by atoms with E-state index in [2.05, 4.69) is 48.5 Å². The molecule has 1 fully saturated rings. The maximum atomic E-state index is 6.21. The van der Waals surface area contributed by atoms with Gasteiger partial charge in [0.05, 0.1) is 6.04 Å². The van der Waals surface area contributed by atoms with E-state index in [4.69, 9.17) is 5.73 Å². The zero-order valence-electron chi connectivity index (χ0n) is 11.5. The van der Waals surface area contributed by atoms with Crippen molar-refractivity contribution in [2.45, 2.75) is 37.6 Å². The Hall–Kier alpha value is -0.580. The number of pyridine rings is 1. The summed E-state index contributed by atoms with van der Waals surface area (Å²) in [6, 6.07) is 4.52. The first kappa shape index (κ1) is 13.8. The highest BCUT2D eigenvalue weighted by molar-refractivity contribution is 8.00. The van der Waals surface area contributed by atoms with E-state index in [9.17, 15) is 0 Å². The van der Waals surface area contributed by atoms with Gasteiger partial charge in [0.25, 0.3) is 0 Å². The lowest BCUT2D eigenvalue weighted by atomic mass is 9.99. The average molecular weight is 265 g/mol. The molecule has 0 radical (unpaired) electrons. The van der Waals surface area contributed by atoms with Gasteiger partial charge in [-0.15, -0.1) is 0 Å². The summed E-state index contributed by atoms with van der Waals surface area (Å²) in [5.74, 6) is 1.18. The third-order valence-corrected chi connectivity index (χ3v) is 4.67. The Morgan fingerprint density at radius 2 is 2.28 bits per heavy atom. The van der Waals surface area contributed by atoms with Crippen molar-refractivity contribution in [3.8, 4) is 0 Å². The Morgan fingerprint density at radius 3 is 2.83 bits per heavy atom. The Balaban J connectivity index is 2.21. The highest BCUT2D eigenvalue weighted by Gasteiger charge is 2.33. The van der Waals surface area contributed by atoms with E-state index in [1.54, 1.807) is 0 Å². The van der Waals surface area contributed by atoms with Crippen molar-refractivity contribution in [2.24, 2.45) is 5.73 Å². The molecule has 18 heavy (non-hydrogen) atoms. The molecule has 0 aliphatic carbocycles. The highest BCUT2D eigenvalue weighted by atomic mass is 32.2. The molecule has 0 aromatic carbocycles. The quantitative estimate of drug-likeness (QED) is 0.910. The molecule has 0 spiro atoms. The molecule has 100 valence electrons. The highest BCUT2D eigenvalue weighted by Crippen LogP contribution is 2.34. The predicted molar refractivity (Wildman–Crippen MR) is 78.7 cm³/mol. The molecule has 1 aliphatic rings. The zero-order chi connectivity index (χ0) is 13.2. The van der Waals surface area contributed by atoms with Gasteiger partial charge in [-0.2, -0.15) is 11.8 Å². The topological polar surface area (TPSA) is 42.1 Å². The van der Waals surface area contributed by atoms with E-state index >= 15 is 0 Å². The monoisotopic (exact) mass is 265 g/mol. The molecule has 2 rings (SSSR count). The summed E-state index contributed by atoms with van der Waals surface area (Å²) in [5, 5.41) is 0. The van der Waals surface area contributed by atoms with Gasteiger partial charge >= 0.3 is 0 Å². The minimum absolute atomic E-state index is 0.119. The molecule has 0 saturated carbocycles. The van der Waals surface area contributed by atoms with Crippen LogP contribution in [-0.2, 0) is 0 Å². The predicted octanol–water partition coefficient (Wildman–Crippen LogP) is 2.30. The number of rotatable bonds is 3. The fourth-order valence-corrected chi connectivity index (χ4v) is 3.82. The fourth-order valence-electron chi connectivity index (χ4n) is 2.69. The SMILES string of the molecule is CC(N)C(c1cccnc1)N1CCSC(C)(C)C1. The molecule has 3 nitrogen and oxygen atoms in total. The summed E-state index contributed by atoms with van der Waals surface area (Å²) < 4.78 is 0.313. The van der Waals surface area contributed by atoms with Crippen LogP contribution in [0.2, 0.25) is 0 Å². The number of hydrogen-bond acceptors (Lipinski definition) is 4. The Kier molecular flexibility index (Phi) is 4.30. The second kappa shape index (κ2) is 5.59. The van der Waals surface area contributed by atoms with Gasteiger partial charge < -0.3 is 5.73 Å². The molecule has 2 heterocycles. The number of hydrogen-bond donors (Lipinski definition) is 1. The summed E-state index contributed by atoms with van der Waals surface area (Å²) in [4.78, 5) is 6.74. The summed E-state index contributed by atoms with van der Waals surface area (Å²) in [5.41, 5.74) is 7.44. The van der Waals surface area contributed by atoms with Crippen LogP contribution in [0.25, 0.3) is 0 Å². The number of nitrogens with two attached hydrogens (primary N) is 1. The molecule has 2 N–H and O–H groups in total. The molecule has 2 unspecified atom stereocenters. The fraction of sp³-hybridized carbons (Fsp3) is 0.643. The van der Waals surface area contributed by atoms with Crippen LogP contribution in [0.15, 0.2) is 24.5 Å². The van der Waals surface area contributed by atoms with Crippen molar-refractivity contribution in [3.05, 3.63) is 30.1 Å². The maximum Gasteiger partial charge on any atom is 0.0512 e. The average Bonchev–Trinajstić information content (AvgIpc) is 2.28. The van der Waals surface area contributed by atoms with Crippen molar-refractivity contribution < 1.29 is 0 Å². The van der Waals surface area contributed by atoms with Crippen molar-refractivity contribution in [1.29, 1.82) is 0 Å². The molecule has 0 amide bonds. The van der Waals surface area contributed by atoms with E-state index in [0.717, 1.165) is 13.1 Å². The summed E-state index contributed by atoms with van der Waals surface area (Å²) >= 11 is 2.05. The van der Waals surface area contributed by atoms with Crippen molar-refractivity contribution in [2.75, 3.05) is 18.8 Å². The van der Waals surface area contributed by atoms with Gasteiger partial charge in [-0.3, -0.25) is 9.88 Å². The van der Waals surface area contributed by atoms with Gasteiger partial charge in [-0.05, 0) is 32.4 Å². The van der Waals surface area contributed by atoms with E-state index in [1.807, 2.05) is 18.5 Å². The summed E-state index contributed by atoms with van der Waals surface area (Å²) in [6.07, 6.45) is 3.76. The van der Waals surface area contributed by atoms with Crippen LogP contribution in [0.3, 0.4) is 0 Å². The lowest BCUT2D eigenvalue weighted by molar-refractivity contribution is 0.168. The van der Waals surface area contributed by atoms with Gasteiger partial charge in [-0.25, -0.2) is 0 Å². The van der Waals surface area contributed by atoms with Gasteiger partial charge in [0.15, 0.2) is 0 Å². The molecule has 1 aliphatic heterocycles. The van der Waals surface area contributed by atoms with Crippen LogP contribution < -0.4 is 5.73 Å². The van der Waals surface area contributed by atoms with Gasteiger partial charge in [0.2, 0.25) is 0 Å². The van der Waals surface area contributed by atoms with E-state index in [-0.39, 0.29) is 12.1 Å². The maximum absolute atomic E-state index is 6.21. The van der Waals surface area contributed by atoms with Crippen LogP contribution in [0.4, 0.5) is 0 Å². The van der Waals surface area contributed by atoms with E-state index < -0.39 is 0 Å². The van der Waals surface area contributed by atoms with Gasteiger partial charge in [0, 0.05) is 42.0 Å². The van der Waals surface area contributed by atoms with Gasteiger partial charge in [0.1, 0.15) is 0 Å². The standard InChI is InChI=1S/C14H23N3S/c1-11(15)13(12-5-4-6-16-9-12)17-7-8-18-14(2,3)10-17/h4-6,9,11,13H,7-8,10,15H2,1-3H3. The number of nitrogens with zero attached hydrogens (tertiary/aromatic N) is 2. The van der Waals surface area contributed by atoms with Crippen molar-refractivity contribution in [1.82, 2.24) is 9.88 Å². The Bertz CT molecular complexity index is 378. The molecule has 1 saturated heterocycles. The minimum Gasteiger partial charge on any atom is -0.326 e. The lowest BCUT2D eigenvalue weighted by Gasteiger charge is -2.43. The second-order valence-electron chi connectivity index (χ2n) is 5.67. The third kappa shape index (κ3) is 3.25. The Morgan fingerprint density at radius 1 is 1.50 bits per heavy atom.